The van der Waals surface area contributed by atoms with Gasteiger partial charge in [-0.25, -0.2) is 14.3 Å². The number of aliphatic carboxylic acids is 1. The van der Waals surface area contributed by atoms with Gasteiger partial charge in [-0.3, -0.25) is 24.6 Å². The highest BCUT2D eigenvalue weighted by Crippen LogP contribution is 2.40. The lowest BCUT2D eigenvalue weighted by Gasteiger charge is -2.49. The van der Waals surface area contributed by atoms with E-state index in [-0.39, 0.29) is 30.3 Å². The number of hydrogen-bond donors (Lipinski definition) is 3. The maximum absolute atomic E-state index is 13.4. The molecule has 3 amide bonds. The third-order valence-corrected chi connectivity index (χ3v) is 8.78. The lowest BCUT2D eigenvalue weighted by Crippen LogP contribution is -2.71. The number of aromatic nitrogens is 2. The van der Waals surface area contributed by atoms with Gasteiger partial charge in [0, 0.05) is 33.9 Å². The number of carboxylic acids is 1. The minimum Gasteiger partial charge on any atom is -0.477 e. The number of nitrogens with zero attached hydrogens (tertiary/aromatic N) is 4. The van der Waals surface area contributed by atoms with Gasteiger partial charge in [0.1, 0.15) is 29.4 Å². The number of oxime groups is 1. The van der Waals surface area contributed by atoms with Crippen molar-refractivity contribution in [3.05, 3.63) is 87.8 Å². The molecule has 0 aliphatic carbocycles. The van der Waals surface area contributed by atoms with Crippen LogP contribution in [0.4, 0.5) is 18.3 Å². The van der Waals surface area contributed by atoms with Crippen LogP contribution in [0, 0.1) is 0 Å². The monoisotopic (exact) mass is 681 g/mol. The summed E-state index contributed by atoms with van der Waals surface area (Å²) in [5, 5.41) is 18.4. The van der Waals surface area contributed by atoms with Crippen molar-refractivity contribution < 1.29 is 46.9 Å². The second-order valence-corrected chi connectivity index (χ2v) is 11.9. The van der Waals surface area contributed by atoms with E-state index in [1.807, 2.05) is 6.07 Å². The Labute approximate surface area is 265 Å². The number of amides is 3. The van der Waals surface area contributed by atoms with E-state index in [4.69, 9.17) is 16.4 Å². The predicted molar refractivity (Wildman–Crippen MR) is 156 cm³/mol. The first-order chi connectivity index (χ1) is 21.4. The summed E-state index contributed by atoms with van der Waals surface area (Å²) in [6, 6.07) is 10.7. The highest BCUT2D eigenvalue weighted by molar-refractivity contribution is 8.00. The summed E-state index contributed by atoms with van der Waals surface area (Å²) in [5.41, 5.74) is 0.233. The number of hydrogen-bond acceptors (Lipinski definition) is 9. The number of carbonyl (C=O) groups is 4. The largest absolute Gasteiger partial charge is 0.477 e. The number of anilines is 1. The van der Waals surface area contributed by atoms with Crippen molar-refractivity contribution in [3.8, 4) is 0 Å². The Hall–Kier alpha value is -4.48. The van der Waals surface area contributed by atoms with Crippen LogP contribution < -0.4 is 15.2 Å². The van der Waals surface area contributed by atoms with Crippen LogP contribution in [0.1, 0.15) is 11.3 Å². The maximum atomic E-state index is 13.4. The van der Waals surface area contributed by atoms with Crippen LogP contribution >= 0.6 is 34.7 Å². The fraction of sp³-hybridized carbons (Fsp3) is 0.222. The molecule has 0 spiro atoms. The van der Waals surface area contributed by atoms with E-state index in [1.165, 1.54) is 17.1 Å². The topological polar surface area (TPSA) is 154 Å². The Balaban J connectivity index is 1.35. The third-order valence-electron chi connectivity index (χ3n) is 6.43. The molecule has 2 aliphatic rings. The molecule has 18 heteroatoms. The molecule has 2 atom stereocenters. The molecular formula is C27H21ClF3N6O6S2+. The van der Waals surface area contributed by atoms with E-state index in [2.05, 4.69) is 15.5 Å². The molecule has 45 heavy (non-hydrogen) atoms. The number of carbonyl (C=O) groups excluding carboxylic acids is 3. The minimum absolute atomic E-state index is 0.126. The molecule has 5 rings (SSSR count). The molecule has 3 N–H and O–H groups in total. The molecule has 0 saturated carbocycles. The van der Waals surface area contributed by atoms with Crippen LogP contribution in [0.2, 0.25) is 5.02 Å². The molecule has 3 aromatic rings. The third kappa shape index (κ3) is 7.26. The van der Waals surface area contributed by atoms with Gasteiger partial charge in [-0.1, -0.05) is 35.0 Å². The van der Waals surface area contributed by atoms with Crippen molar-refractivity contribution in [2.24, 2.45) is 5.16 Å². The zero-order valence-corrected chi connectivity index (χ0v) is 25.0. The van der Waals surface area contributed by atoms with Crippen LogP contribution in [0.3, 0.4) is 0 Å². The number of alkyl halides is 3. The number of nitrogens with one attached hydrogen (secondary N) is 2. The van der Waals surface area contributed by atoms with Gasteiger partial charge in [0.2, 0.25) is 0 Å². The summed E-state index contributed by atoms with van der Waals surface area (Å²) < 4.78 is 39.9. The summed E-state index contributed by atoms with van der Waals surface area (Å²) in [6.07, 6.45) is -1.64. The normalized spacial score (nSPS) is 18.2. The second kappa shape index (κ2) is 13.3. The lowest BCUT2D eigenvalue weighted by atomic mass is 10.0. The number of halogens is 4. The van der Waals surface area contributed by atoms with Crippen LogP contribution in [0.25, 0.3) is 0 Å². The van der Waals surface area contributed by atoms with Gasteiger partial charge in [-0.05, 0) is 17.7 Å². The van der Waals surface area contributed by atoms with Gasteiger partial charge in [-0.2, -0.15) is 13.2 Å². The number of thiazole rings is 1. The smallest absolute Gasteiger partial charge is 0.471 e. The molecule has 1 saturated heterocycles. The molecule has 1 fully saturated rings. The van der Waals surface area contributed by atoms with Crippen LogP contribution in [-0.2, 0) is 37.2 Å². The van der Waals surface area contributed by atoms with Crippen molar-refractivity contribution in [1.29, 1.82) is 0 Å². The average molecular weight is 682 g/mol. The summed E-state index contributed by atoms with van der Waals surface area (Å²) in [7, 11) is 0. The summed E-state index contributed by atoms with van der Waals surface area (Å²) in [5.74, 6) is -4.92. The van der Waals surface area contributed by atoms with Gasteiger partial charge in [0.15, 0.2) is 29.8 Å². The van der Waals surface area contributed by atoms with Crippen LogP contribution in [0.5, 0.6) is 0 Å². The number of benzene rings is 1. The number of β-lactam (4-membered cyclic amide) rings is 1. The van der Waals surface area contributed by atoms with E-state index in [1.54, 1.807) is 58.7 Å². The number of pyridine rings is 1. The fourth-order valence-corrected chi connectivity index (χ4v) is 6.49. The highest BCUT2D eigenvalue weighted by atomic mass is 35.5. The van der Waals surface area contributed by atoms with Gasteiger partial charge in [0.25, 0.3) is 11.8 Å². The molecule has 2 aliphatic heterocycles. The highest BCUT2D eigenvalue weighted by Gasteiger charge is 2.55. The predicted octanol–water partition coefficient (Wildman–Crippen LogP) is 2.94. The fourth-order valence-electron chi connectivity index (χ4n) is 4.34. The van der Waals surface area contributed by atoms with Crippen molar-refractivity contribution in [2.75, 3.05) is 11.1 Å². The molecule has 1 unspecified atom stereocenters. The number of carboxylic acid groups (broad SMARTS) is 1. The van der Waals surface area contributed by atoms with E-state index in [0.717, 1.165) is 4.90 Å². The summed E-state index contributed by atoms with van der Waals surface area (Å²) in [4.78, 5) is 60.5. The van der Waals surface area contributed by atoms with Crippen molar-refractivity contribution in [2.45, 2.75) is 30.7 Å². The Bertz CT molecular complexity index is 1700. The molecule has 4 heterocycles. The zero-order valence-electron chi connectivity index (χ0n) is 22.7. The molecule has 12 nitrogen and oxygen atoms in total. The minimum atomic E-state index is -5.17. The molecule has 1 aromatic carbocycles. The first-order valence-corrected chi connectivity index (χ1v) is 15.2. The molecule has 0 radical (unpaired) electrons. The number of fused-ring (bicyclic) bond motifs is 1. The van der Waals surface area contributed by atoms with Gasteiger partial charge < -0.3 is 15.3 Å². The average Bonchev–Trinajstić information content (AvgIpc) is 3.46. The van der Waals surface area contributed by atoms with E-state index in [0.29, 0.717) is 27.5 Å². The number of rotatable bonds is 10. The van der Waals surface area contributed by atoms with Gasteiger partial charge in [0.05, 0.1) is 0 Å². The van der Waals surface area contributed by atoms with E-state index < -0.39 is 52.1 Å². The molecule has 234 valence electrons. The Morgan fingerprint density at radius 1 is 1.18 bits per heavy atom. The standard InChI is InChI=1S/C27H20ClF3N6O6S2/c28-16-6-4-14(5-7-16)11-43-35-18(17-13-45-26(32-17)34-25(42)27(29,30)31)21(38)33-19-22(39)37-20(24(40)41)15(12-44-23(19)37)10-36-8-2-1-3-9-36/h1-9,13,19,23H,10-12H2,(H2-,32,33,34,38,40,41,42)/p+1/b35-18+/t19?,23-/m1/s1. The van der Waals surface area contributed by atoms with E-state index >= 15 is 0 Å². The molecule has 0 bridgehead atoms. The number of thioether (sulfide) groups is 1. The maximum Gasteiger partial charge on any atom is 0.471 e. The second-order valence-electron chi connectivity index (χ2n) is 9.50. The first-order valence-electron chi connectivity index (χ1n) is 12.9. The zero-order chi connectivity index (χ0) is 32.3. The molecule has 2 aromatic heterocycles. The first kappa shape index (κ1) is 31.9. The Kier molecular flexibility index (Phi) is 9.40. The van der Waals surface area contributed by atoms with Crippen molar-refractivity contribution in [3.63, 3.8) is 0 Å². The Morgan fingerprint density at radius 2 is 1.89 bits per heavy atom. The van der Waals surface area contributed by atoms with E-state index in [9.17, 15) is 37.5 Å². The summed E-state index contributed by atoms with van der Waals surface area (Å²) >= 11 is 7.75. The van der Waals surface area contributed by atoms with Gasteiger partial charge >= 0.3 is 18.1 Å². The SMILES string of the molecule is O=C(O)C1=C(C[n+]2ccccc2)CS[C@@H]2C(NC(=O)/C(=N/OCc3ccc(Cl)cc3)c3csc(NC(=O)C(F)(F)F)n3)C(=O)N12. The Morgan fingerprint density at radius 3 is 2.56 bits per heavy atom. The lowest BCUT2D eigenvalue weighted by molar-refractivity contribution is -0.689. The van der Waals surface area contributed by atoms with Crippen molar-refractivity contribution >= 4 is 69.2 Å². The van der Waals surface area contributed by atoms with Crippen LogP contribution in [0.15, 0.2) is 76.7 Å². The molecular weight excluding hydrogens is 661 g/mol. The summed E-state index contributed by atoms with van der Waals surface area (Å²) in [6.45, 7) is 0.112. The van der Waals surface area contributed by atoms with Gasteiger partial charge in [-0.15, -0.1) is 23.1 Å². The quantitative estimate of drug-likeness (QED) is 0.128. The van der Waals surface area contributed by atoms with Crippen LogP contribution in [-0.4, -0.2) is 67.7 Å². The van der Waals surface area contributed by atoms with Crippen molar-refractivity contribution in [1.82, 2.24) is 15.2 Å².